The van der Waals surface area contributed by atoms with E-state index in [0.29, 0.717) is 5.76 Å². The first-order valence-corrected chi connectivity index (χ1v) is 5.91. The van der Waals surface area contributed by atoms with E-state index in [-0.39, 0.29) is 11.0 Å². The molecule has 0 saturated carbocycles. The average Bonchev–Trinajstić information content (AvgIpc) is 2.71. The fraction of sp³-hybridized carbons (Fsp3) is 0.700. The van der Waals surface area contributed by atoms with Gasteiger partial charge in [0.15, 0.2) is 5.76 Å². The molecule has 2 aliphatic heterocycles. The van der Waals surface area contributed by atoms with Crippen LogP contribution in [0.25, 0.3) is 0 Å². The number of ketones is 1. The fourth-order valence-corrected chi connectivity index (χ4v) is 2.89. The molecule has 1 unspecified atom stereocenters. The smallest absolute Gasteiger partial charge is 0.209 e. The van der Waals surface area contributed by atoms with Gasteiger partial charge >= 0.3 is 0 Å². The van der Waals surface area contributed by atoms with Gasteiger partial charge in [0, 0.05) is 0 Å². The second-order valence-corrected chi connectivity index (χ2v) is 4.74. The van der Waals surface area contributed by atoms with Gasteiger partial charge in [-0.15, -0.1) is 0 Å². The molecule has 3 heteroatoms. The summed E-state index contributed by atoms with van der Waals surface area (Å²) in [6.07, 6.45) is 6.20. The number of carbonyl (C=O) groups excluding carboxylic acids is 1. The van der Waals surface area contributed by atoms with Crippen LogP contribution < -0.4 is 0 Å². The highest BCUT2D eigenvalue weighted by Gasteiger charge is 2.27. The summed E-state index contributed by atoms with van der Waals surface area (Å²) >= 11 is 1.77. The number of thioether (sulfide) groups is 1. The molecule has 13 heavy (non-hydrogen) atoms. The summed E-state index contributed by atoms with van der Waals surface area (Å²) in [5.41, 5.74) is 0. The van der Waals surface area contributed by atoms with Crippen LogP contribution in [0, 0.1) is 0 Å². The monoisotopic (exact) mass is 198 g/mol. The molecule has 0 amide bonds. The second kappa shape index (κ2) is 4.18. The van der Waals surface area contributed by atoms with E-state index in [4.69, 9.17) is 4.74 Å². The van der Waals surface area contributed by atoms with Crippen LogP contribution in [0.2, 0.25) is 0 Å². The first kappa shape index (κ1) is 9.13. The Morgan fingerprint density at radius 1 is 1.54 bits per heavy atom. The Bertz CT molecular complexity index is 229. The Labute approximate surface area is 82.7 Å². The van der Waals surface area contributed by atoms with Crippen molar-refractivity contribution in [2.24, 2.45) is 0 Å². The summed E-state index contributed by atoms with van der Waals surface area (Å²) in [6, 6.07) is 0. The maximum Gasteiger partial charge on any atom is 0.209 e. The van der Waals surface area contributed by atoms with Crippen molar-refractivity contribution in [1.29, 1.82) is 0 Å². The van der Waals surface area contributed by atoms with Gasteiger partial charge in [0.2, 0.25) is 5.78 Å². The quantitative estimate of drug-likeness (QED) is 0.680. The van der Waals surface area contributed by atoms with Crippen molar-refractivity contribution in [3.8, 4) is 0 Å². The van der Waals surface area contributed by atoms with E-state index >= 15 is 0 Å². The van der Waals surface area contributed by atoms with Crippen LogP contribution in [0.1, 0.15) is 25.7 Å². The highest BCUT2D eigenvalue weighted by Crippen LogP contribution is 2.29. The summed E-state index contributed by atoms with van der Waals surface area (Å²) in [6.45, 7) is 0.717. The predicted molar refractivity (Wildman–Crippen MR) is 53.8 cm³/mol. The van der Waals surface area contributed by atoms with Gasteiger partial charge in [-0.1, -0.05) is 0 Å². The molecule has 2 aliphatic rings. The summed E-state index contributed by atoms with van der Waals surface area (Å²) in [4.78, 5) is 11.8. The molecule has 72 valence electrons. The van der Waals surface area contributed by atoms with E-state index in [0.717, 1.165) is 31.6 Å². The lowest BCUT2D eigenvalue weighted by Gasteiger charge is -2.16. The molecule has 0 bridgehead atoms. The Balaban J connectivity index is 1.98. The first-order valence-electron chi connectivity index (χ1n) is 4.87. The van der Waals surface area contributed by atoms with Gasteiger partial charge in [-0.25, -0.2) is 0 Å². The van der Waals surface area contributed by atoms with Crippen molar-refractivity contribution in [2.45, 2.75) is 30.9 Å². The maximum atomic E-state index is 11.8. The van der Waals surface area contributed by atoms with Crippen LogP contribution in [0.3, 0.4) is 0 Å². The molecule has 0 N–H and O–H groups in total. The van der Waals surface area contributed by atoms with E-state index in [1.807, 2.05) is 6.08 Å². The largest absolute Gasteiger partial charge is 0.490 e. The minimum Gasteiger partial charge on any atom is -0.490 e. The summed E-state index contributed by atoms with van der Waals surface area (Å²) in [7, 11) is 0. The van der Waals surface area contributed by atoms with Crippen LogP contribution in [-0.2, 0) is 9.53 Å². The zero-order valence-corrected chi connectivity index (χ0v) is 8.44. The molecule has 0 aromatic carbocycles. The lowest BCUT2D eigenvalue weighted by Crippen LogP contribution is -2.20. The van der Waals surface area contributed by atoms with Crippen molar-refractivity contribution < 1.29 is 9.53 Å². The molecular formula is C10H14O2S. The van der Waals surface area contributed by atoms with E-state index in [1.165, 1.54) is 6.42 Å². The molecule has 0 aliphatic carbocycles. The standard InChI is InChI=1S/C10H14O2S/c11-10(9-5-3-7-13-9)8-4-1-2-6-12-8/h4,9H,1-3,5-7H2. The normalized spacial score (nSPS) is 28.0. The van der Waals surface area contributed by atoms with Gasteiger partial charge in [-0.3, -0.25) is 4.79 Å². The molecular weight excluding hydrogens is 184 g/mol. The van der Waals surface area contributed by atoms with Crippen molar-refractivity contribution in [2.75, 3.05) is 12.4 Å². The highest BCUT2D eigenvalue weighted by molar-refractivity contribution is 8.00. The van der Waals surface area contributed by atoms with Crippen LogP contribution in [-0.4, -0.2) is 23.4 Å². The Morgan fingerprint density at radius 2 is 2.46 bits per heavy atom. The number of ether oxygens (including phenoxy) is 1. The first-order chi connectivity index (χ1) is 6.38. The molecule has 2 rings (SSSR count). The number of rotatable bonds is 2. The van der Waals surface area contributed by atoms with E-state index in [2.05, 4.69) is 0 Å². The average molecular weight is 198 g/mol. The lowest BCUT2D eigenvalue weighted by molar-refractivity contribution is -0.118. The number of allylic oxidation sites excluding steroid dienone is 2. The van der Waals surface area contributed by atoms with Gasteiger partial charge in [-0.05, 0) is 37.5 Å². The zero-order valence-electron chi connectivity index (χ0n) is 7.62. The minimum atomic E-state index is 0.185. The maximum absolute atomic E-state index is 11.8. The van der Waals surface area contributed by atoms with Gasteiger partial charge < -0.3 is 4.74 Å². The van der Waals surface area contributed by atoms with Crippen molar-refractivity contribution in [1.82, 2.24) is 0 Å². The van der Waals surface area contributed by atoms with Crippen molar-refractivity contribution in [3.05, 3.63) is 11.8 Å². The van der Waals surface area contributed by atoms with E-state index in [9.17, 15) is 4.79 Å². The molecule has 0 spiro atoms. The Morgan fingerprint density at radius 3 is 3.08 bits per heavy atom. The van der Waals surface area contributed by atoms with Gasteiger partial charge in [0.05, 0.1) is 11.9 Å². The molecule has 0 aromatic heterocycles. The van der Waals surface area contributed by atoms with Crippen molar-refractivity contribution in [3.63, 3.8) is 0 Å². The van der Waals surface area contributed by atoms with Crippen LogP contribution in [0.4, 0.5) is 0 Å². The molecule has 1 atom stereocenters. The predicted octanol–water partition coefficient (Wildman–Crippen LogP) is 2.15. The Hall–Kier alpha value is -0.440. The fourth-order valence-electron chi connectivity index (χ4n) is 1.67. The van der Waals surface area contributed by atoms with E-state index in [1.54, 1.807) is 11.8 Å². The van der Waals surface area contributed by atoms with Gasteiger partial charge in [-0.2, -0.15) is 11.8 Å². The molecule has 1 saturated heterocycles. The molecule has 1 fully saturated rings. The third-order valence-corrected chi connectivity index (χ3v) is 3.78. The highest BCUT2D eigenvalue weighted by atomic mass is 32.2. The molecule has 0 radical (unpaired) electrons. The van der Waals surface area contributed by atoms with Crippen LogP contribution in [0.5, 0.6) is 0 Å². The summed E-state index contributed by atoms with van der Waals surface area (Å²) < 4.78 is 5.35. The summed E-state index contributed by atoms with van der Waals surface area (Å²) in [5.74, 6) is 1.98. The molecule has 2 nitrogen and oxygen atoms in total. The number of hydrogen-bond acceptors (Lipinski definition) is 3. The lowest BCUT2D eigenvalue weighted by atomic mass is 10.1. The van der Waals surface area contributed by atoms with Gasteiger partial charge in [0.1, 0.15) is 0 Å². The third-order valence-electron chi connectivity index (χ3n) is 2.40. The minimum absolute atomic E-state index is 0.185. The van der Waals surface area contributed by atoms with Crippen molar-refractivity contribution >= 4 is 17.5 Å². The van der Waals surface area contributed by atoms with Crippen LogP contribution in [0.15, 0.2) is 11.8 Å². The topological polar surface area (TPSA) is 26.3 Å². The van der Waals surface area contributed by atoms with E-state index < -0.39 is 0 Å². The third kappa shape index (κ3) is 2.08. The molecule has 0 aromatic rings. The SMILES string of the molecule is O=C(C1=CCCCO1)C1CCCS1. The number of carbonyl (C=O) groups is 1. The second-order valence-electron chi connectivity index (χ2n) is 3.42. The number of Topliss-reactive ketones (excluding diaryl/α,β-unsaturated/α-hetero) is 1. The zero-order chi connectivity index (χ0) is 9.10. The summed E-state index contributed by atoms with van der Waals surface area (Å²) in [5, 5.41) is 0.185. The number of hydrogen-bond donors (Lipinski definition) is 0. The Kier molecular flexibility index (Phi) is 2.94. The molecule has 2 heterocycles. The van der Waals surface area contributed by atoms with Gasteiger partial charge in [0.25, 0.3) is 0 Å². The van der Waals surface area contributed by atoms with Crippen LogP contribution >= 0.6 is 11.8 Å².